The molecule has 2 aliphatic rings. The van der Waals surface area contributed by atoms with Gasteiger partial charge in [0.05, 0.1) is 0 Å². The summed E-state index contributed by atoms with van der Waals surface area (Å²) in [6.07, 6.45) is 5.45. The Hall–Kier alpha value is -0.660. The summed E-state index contributed by atoms with van der Waals surface area (Å²) in [6, 6.07) is 0. The van der Waals surface area contributed by atoms with Gasteiger partial charge in [0, 0.05) is 5.92 Å². The van der Waals surface area contributed by atoms with Crippen molar-refractivity contribution >= 4 is 0 Å². The fourth-order valence-electron chi connectivity index (χ4n) is 1.87. The van der Waals surface area contributed by atoms with Gasteiger partial charge in [-0.2, -0.15) is 0 Å². The Bertz CT molecular complexity index is 249. The molecule has 2 aliphatic carbocycles. The lowest BCUT2D eigenvalue weighted by Gasteiger charge is -2.22. The lowest BCUT2D eigenvalue weighted by Crippen LogP contribution is -2.15. The van der Waals surface area contributed by atoms with Crippen molar-refractivity contribution in [2.24, 2.45) is 17.8 Å². The molecule has 0 aromatic carbocycles. The quantitative estimate of drug-likeness (QED) is 0.566. The van der Waals surface area contributed by atoms with Crippen LogP contribution in [0.5, 0.6) is 0 Å². The second kappa shape index (κ2) is 2.68. The third-order valence-corrected chi connectivity index (χ3v) is 2.84. The molecular formula is C10H12F2. The summed E-state index contributed by atoms with van der Waals surface area (Å²) in [6.45, 7) is 1.77. The zero-order valence-corrected chi connectivity index (χ0v) is 7.06. The first kappa shape index (κ1) is 7.96. The molecule has 1 fully saturated rings. The summed E-state index contributed by atoms with van der Waals surface area (Å²) in [5.74, 6) is -0.643. The number of hydrogen-bond donors (Lipinski definition) is 0. The summed E-state index contributed by atoms with van der Waals surface area (Å²) in [4.78, 5) is 0. The minimum absolute atomic E-state index is 0.240. The lowest BCUT2D eigenvalue weighted by atomic mass is 9.85. The molecule has 0 spiro atoms. The molecule has 0 heterocycles. The van der Waals surface area contributed by atoms with Crippen LogP contribution in [0.1, 0.15) is 19.8 Å². The highest BCUT2D eigenvalue weighted by atomic mass is 19.2. The second-order valence-electron chi connectivity index (χ2n) is 3.76. The largest absolute Gasteiger partial charge is 0.208 e. The molecule has 1 saturated carbocycles. The maximum atomic E-state index is 13.1. The van der Waals surface area contributed by atoms with Crippen LogP contribution in [-0.4, -0.2) is 0 Å². The van der Waals surface area contributed by atoms with E-state index in [2.05, 4.69) is 0 Å². The van der Waals surface area contributed by atoms with Gasteiger partial charge in [-0.25, -0.2) is 8.78 Å². The van der Waals surface area contributed by atoms with Crippen molar-refractivity contribution < 1.29 is 8.78 Å². The predicted molar refractivity (Wildman–Crippen MR) is 43.8 cm³/mol. The topological polar surface area (TPSA) is 0 Å². The fraction of sp³-hybridized carbons (Fsp3) is 0.600. The molecule has 2 heteroatoms. The molecule has 12 heavy (non-hydrogen) atoms. The smallest absolute Gasteiger partial charge is 0.154 e. The molecular weight excluding hydrogens is 158 g/mol. The van der Waals surface area contributed by atoms with E-state index in [4.69, 9.17) is 0 Å². The highest BCUT2D eigenvalue weighted by Gasteiger charge is 2.37. The molecule has 0 aromatic heterocycles. The molecule has 0 N–H and O–H groups in total. The SMILES string of the molecule is CC1C(F)=C(F)C=CC1C1CC1. The van der Waals surface area contributed by atoms with Crippen molar-refractivity contribution in [2.45, 2.75) is 19.8 Å². The van der Waals surface area contributed by atoms with Crippen molar-refractivity contribution in [3.8, 4) is 0 Å². The van der Waals surface area contributed by atoms with Crippen LogP contribution in [0.3, 0.4) is 0 Å². The minimum Gasteiger partial charge on any atom is -0.208 e. The van der Waals surface area contributed by atoms with E-state index in [-0.39, 0.29) is 11.8 Å². The van der Waals surface area contributed by atoms with E-state index >= 15 is 0 Å². The van der Waals surface area contributed by atoms with Gasteiger partial charge in [0.15, 0.2) is 5.83 Å². The fourth-order valence-corrected chi connectivity index (χ4v) is 1.87. The zero-order chi connectivity index (χ0) is 8.72. The molecule has 0 radical (unpaired) electrons. The van der Waals surface area contributed by atoms with Crippen LogP contribution in [0.2, 0.25) is 0 Å². The van der Waals surface area contributed by atoms with E-state index in [1.807, 2.05) is 6.08 Å². The van der Waals surface area contributed by atoms with Crippen LogP contribution in [-0.2, 0) is 0 Å². The van der Waals surface area contributed by atoms with E-state index in [0.29, 0.717) is 5.92 Å². The summed E-state index contributed by atoms with van der Waals surface area (Å²) in [5.41, 5.74) is 0. The number of hydrogen-bond acceptors (Lipinski definition) is 0. The predicted octanol–water partition coefficient (Wildman–Crippen LogP) is 3.37. The zero-order valence-electron chi connectivity index (χ0n) is 7.06. The lowest BCUT2D eigenvalue weighted by molar-refractivity contribution is 0.343. The highest BCUT2D eigenvalue weighted by Crippen LogP contribution is 2.45. The Morgan fingerprint density at radius 3 is 2.58 bits per heavy atom. The monoisotopic (exact) mass is 170 g/mol. The van der Waals surface area contributed by atoms with Gasteiger partial charge in [-0.1, -0.05) is 13.0 Å². The Balaban J connectivity index is 2.18. The van der Waals surface area contributed by atoms with Gasteiger partial charge in [-0.15, -0.1) is 0 Å². The van der Waals surface area contributed by atoms with Crippen LogP contribution in [0.4, 0.5) is 8.78 Å². The van der Waals surface area contributed by atoms with Crippen LogP contribution >= 0.6 is 0 Å². The van der Waals surface area contributed by atoms with Crippen molar-refractivity contribution in [2.75, 3.05) is 0 Å². The molecule has 0 saturated heterocycles. The Morgan fingerprint density at radius 1 is 1.33 bits per heavy atom. The maximum absolute atomic E-state index is 13.1. The van der Waals surface area contributed by atoms with Gasteiger partial charge in [0.1, 0.15) is 5.83 Å². The molecule has 0 aromatic rings. The minimum atomic E-state index is -0.681. The van der Waals surface area contributed by atoms with E-state index in [9.17, 15) is 8.78 Å². The molecule has 0 aliphatic heterocycles. The van der Waals surface area contributed by atoms with E-state index < -0.39 is 11.7 Å². The molecule has 2 atom stereocenters. The van der Waals surface area contributed by atoms with Crippen LogP contribution in [0.25, 0.3) is 0 Å². The molecule has 2 rings (SSSR count). The normalized spacial score (nSPS) is 35.9. The van der Waals surface area contributed by atoms with Crippen LogP contribution in [0, 0.1) is 17.8 Å². The highest BCUT2D eigenvalue weighted by molar-refractivity contribution is 5.25. The molecule has 0 amide bonds. The molecule has 0 bridgehead atoms. The van der Waals surface area contributed by atoms with E-state index in [1.54, 1.807) is 6.92 Å². The van der Waals surface area contributed by atoms with Gasteiger partial charge in [0.25, 0.3) is 0 Å². The average Bonchev–Trinajstić information content (AvgIpc) is 2.84. The second-order valence-corrected chi connectivity index (χ2v) is 3.76. The van der Waals surface area contributed by atoms with Gasteiger partial charge in [-0.05, 0) is 30.8 Å². The maximum Gasteiger partial charge on any atom is 0.154 e. The molecule has 2 unspecified atom stereocenters. The van der Waals surface area contributed by atoms with E-state index in [0.717, 1.165) is 0 Å². The third-order valence-electron chi connectivity index (χ3n) is 2.84. The van der Waals surface area contributed by atoms with Gasteiger partial charge < -0.3 is 0 Å². The summed E-state index contributed by atoms with van der Waals surface area (Å²) in [5, 5.41) is 0. The van der Waals surface area contributed by atoms with Crippen molar-refractivity contribution in [1.29, 1.82) is 0 Å². The number of rotatable bonds is 1. The Labute approximate surface area is 71.0 Å². The van der Waals surface area contributed by atoms with Gasteiger partial charge in [-0.3, -0.25) is 0 Å². The van der Waals surface area contributed by atoms with Crippen molar-refractivity contribution in [3.05, 3.63) is 23.8 Å². The summed E-state index contributed by atoms with van der Waals surface area (Å²) >= 11 is 0. The van der Waals surface area contributed by atoms with E-state index in [1.165, 1.54) is 18.9 Å². The first-order valence-corrected chi connectivity index (χ1v) is 4.43. The molecule has 66 valence electrons. The standard InChI is InChI=1S/C10H12F2/c1-6-8(7-2-3-7)4-5-9(11)10(6)12/h4-8H,2-3H2,1H3. The van der Waals surface area contributed by atoms with Crippen LogP contribution in [0.15, 0.2) is 23.8 Å². The first-order valence-electron chi connectivity index (χ1n) is 4.43. The third kappa shape index (κ3) is 1.19. The molecule has 0 nitrogen and oxygen atoms in total. The van der Waals surface area contributed by atoms with Gasteiger partial charge in [0.2, 0.25) is 0 Å². The first-order chi connectivity index (χ1) is 5.70. The summed E-state index contributed by atoms with van der Waals surface area (Å²) < 4.78 is 25.8. The van der Waals surface area contributed by atoms with Crippen LogP contribution < -0.4 is 0 Å². The Kier molecular flexibility index (Phi) is 1.78. The van der Waals surface area contributed by atoms with Gasteiger partial charge >= 0.3 is 0 Å². The Morgan fingerprint density at radius 2 is 2.00 bits per heavy atom. The number of allylic oxidation sites excluding steroid dienone is 4. The number of halogens is 2. The average molecular weight is 170 g/mol. The summed E-state index contributed by atoms with van der Waals surface area (Å²) in [7, 11) is 0. The van der Waals surface area contributed by atoms with Crippen molar-refractivity contribution in [3.63, 3.8) is 0 Å². The van der Waals surface area contributed by atoms with Crippen molar-refractivity contribution in [1.82, 2.24) is 0 Å².